The highest BCUT2D eigenvalue weighted by molar-refractivity contribution is 7.89. The van der Waals surface area contributed by atoms with E-state index < -0.39 is 15.8 Å². The van der Waals surface area contributed by atoms with Gasteiger partial charge in [0.25, 0.3) is 0 Å². The summed E-state index contributed by atoms with van der Waals surface area (Å²) >= 11 is 0. The van der Waals surface area contributed by atoms with E-state index in [1.165, 1.54) is 28.6 Å². The molecule has 0 aliphatic carbocycles. The average molecular weight is 257 g/mol. The molecular weight excluding hydrogens is 241 g/mol. The van der Waals surface area contributed by atoms with Crippen LogP contribution in [0.1, 0.15) is 20.3 Å². The van der Waals surface area contributed by atoms with E-state index >= 15 is 0 Å². The molecule has 0 saturated carbocycles. The number of benzene rings is 1. The lowest BCUT2D eigenvalue weighted by Crippen LogP contribution is -2.15. The third-order valence-corrected chi connectivity index (χ3v) is 4.76. The molecule has 1 aromatic carbocycles. The lowest BCUT2D eigenvalue weighted by atomic mass is 10.1. The summed E-state index contributed by atoms with van der Waals surface area (Å²) in [4.78, 5) is 0.171. The number of hydrogen-bond donors (Lipinski definition) is 0. The number of rotatable bonds is 4. The van der Waals surface area contributed by atoms with E-state index in [9.17, 15) is 12.8 Å². The first-order valence-corrected chi connectivity index (χ1v) is 7.12. The summed E-state index contributed by atoms with van der Waals surface area (Å²) in [6.07, 6.45) is 0.875. The molecule has 1 heterocycles. The van der Waals surface area contributed by atoms with Gasteiger partial charge in [-0.25, -0.2) is 12.8 Å². The van der Waals surface area contributed by atoms with Crippen LogP contribution in [0, 0.1) is 11.7 Å². The Balaban J connectivity index is 2.13. The third kappa shape index (κ3) is 2.66. The lowest BCUT2D eigenvalue weighted by molar-refractivity contribution is 0.515. The van der Waals surface area contributed by atoms with Crippen molar-refractivity contribution in [1.82, 2.24) is 4.31 Å². The van der Waals surface area contributed by atoms with E-state index in [2.05, 4.69) is 13.8 Å². The number of nitrogens with zero attached hydrogens (tertiary/aromatic N) is 1. The Morgan fingerprint density at radius 2 is 1.94 bits per heavy atom. The Labute approximate surface area is 101 Å². The minimum atomic E-state index is -3.41. The quantitative estimate of drug-likeness (QED) is 0.776. The summed E-state index contributed by atoms with van der Waals surface area (Å²) in [6, 6.07) is 5.09. The van der Waals surface area contributed by atoms with Gasteiger partial charge in [0.1, 0.15) is 5.82 Å². The molecule has 1 aliphatic heterocycles. The van der Waals surface area contributed by atoms with Crippen LogP contribution in [-0.2, 0) is 10.0 Å². The highest BCUT2D eigenvalue weighted by Gasteiger charge is 2.44. The molecule has 2 rings (SSSR count). The van der Waals surface area contributed by atoms with E-state index in [1.54, 1.807) is 0 Å². The number of sulfonamides is 1. The topological polar surface area (TPSA) is 37.1 Å². The van der Waals surface area contributed by atoms with Crippen LogP contribution in [0.25, 0.3) is 0 Å². The van der Waals surface area contributed by atoms with Crippen LogP contribution >= 0.6 is 0 Å². The molecule has 1 fully saturated rings. The van der Waals surface area contributed by atoms with Crippen LogP contribution < -0.4 is 0 Å². The standard InChI is InChI=1S/C12H16FNO2S/c1-9(2)7-11-8-14(11)17(15,16)12-5-3-10(13)4-6-12/h3-6,9,11H,7-8H2,1-2H3/t11-,14?/m0/s1. The van der Waals surface area contributed by atoms with Crippen molar-refractivity contribution in [2.75, 3.05) is 6.54 Å². The molecule has 2 atom stereocenters. The predicted octanol–water partition coefficient (Wildman–Crippen LogP) is 2.24. The van der Waals surface area contributed by atoms with Crippen molar-refractivity contribution >= 4 is 10.0 Å². The molecule has 0 aromatic heterocycles. The largest absolute Gasteiger partial charge is 0.243 e. The zero-order valence-corrected chi connectivity index (χ0v) is 10.7. The fraction of sp³-hybridized carbons (Fsp3) is 0.500. The SMILES string of the molecule is CC(C)C[C@H]1CN1S(=O)(=O)c1ccc(F)cc1. The summed E-state index contributed by atoms with van der Waals surface area (Å²) in [5.74, 6) is 0.0573. The minimum Gasteiger partial charge on any atom is -0.207 e. The monoisotopic (exact) mass is 257 g/mol. The maximum Gasteiger partial charge on any atom is 0.243 e. The summed E-state index contributed by atoms with van der Waals surface area (Å²) in [5.41, 5.74) is 0. The molecule has 94 valence electrons. The van der Waals surface area contributed by atoms with Gasteiger partial charge in [-0.1, -0.05) is 13.8 Å². The summed E-state index contributed by atoms with van der Waals surface area (Å²) in [6.45, 7) is 4.72. The van der Waals surface area contributed by atoms with E-state index in [-0.39, 0.29) is 10.9 Å². The second-order valence-electron chi connectivity index (χ2n) is 4.81. The lowest BCUT2D eigenvalue weighted by Gasteiger charge is -2.07. The van der Waals surface area contributed by atoms with E-state index in [1.807, 2.05) is 0 Å². The Bertz CT molecular complexity index is 496. The minimum absolute atomic E-state index is 0.116. The molecular formula is C12H16FNO2S. The van der Waals surface area contributed by atoms with Gasteiger partial charge in [-0.3, -0.25) is 0 Å². The van der Waals surface area contributed by atoms with Gasteiger partial charge >= 0.3 is 0 Å². The first-order valence-electron chi connectivity index (χ1n) is 5.68. The number of hydrogen-bond acceptors (Lipinski definition) is 2. The van der Waals surface area contributed by atoms with Gasteiger partial charge in [0.15, 0.2) is 0 Å². The van der Waals surface area contributed by atoms with Gasteiger partial charge in [-0.05, 0) is 36.6 Å². The van der Waals surface area contributed by atoms with Gasteiger partial charge < -0.3 is 0 Å². The van der Waals surface area contributed by atoms with Crippen molar-refractivity contribution in [2.45, 2.75) is 31.2 Å². The van der Waals surface area contributed by atoms with Crippen molar-refractivity contribution in [3.63, 3.8) is 0 Å². The van der Waals surface area contributed by atoms with Crippen LogP contribution in [0.2, 0.25) is 0 Å². The molecule has 17 heavy (non-hydrogen) atoms. The Morgan fingerprint density at radius 3 is 2.47 bits per heavy atom. The van der Waals surface area contributed by atoms with Gasteiger partial charge in [-0.15, -0.1) is 0 Å². The Morgan fingerprint density at radius 1 is 1.35 bits per heavy atom. The molecule has 0 amide bonds. The molecule has 0 N–H and O–H groups in total. The normalized spacial score (nSPS) is 24.0. The second kappa shape index (κ2) is 4.38. The van der Waals surface area contributed by atoms with Crippen molar-refractivity contribution in [3.8, 4) is 0 Å². The second-order valence-corrected chi connectivity index (χ2v) is 6.70. The summed E-state index contributed by atoms with van der Waals surface area (Å²) < 4.78 is 38.4. The van der Waals surface area contributed by atoms with Crippen LogP contribution in [0.3, 0.4) is 0 Å². The highest BCUT2D eigenvalue weighted by Crippen LogP contribution is 2.32. The first kappa shape index (κ1) is 12.5. The fourth-order valence-electron chi connectivity index (χ4n) is 1.93. The Hall–Kier alpha value is -0.940. The van der Waals surface area contributed by atoms with E-state index in [4.69, 9.17) is 0 Å². The molecule has 0 radical (unpaired) electrons. The predicted molar refractivity (Wildman–Crippen MR) is 63.5 cm³/mol. The molecule has 0 spiro atoms. The molecule has 0 bridgehead atoms. The van der Waals surface area contributed by atoms with Gasteiger partial charge in [-0.2, -0.15) is 4.31 Å². The molecule has 1 aromatic rings. The average Bonchev–Trinajstić information content (AvgIpc) is 2.97. The van der Waals surface area contributed by atoms with Crippen LogP contribution in [-0.4, -0.2) is 25.3 Å². The highest BCUT2D eigenvalue weighted by atomic mass is 32.2. The summed E-state index contributed by atoms with van der Waals surface area (Å²) in [5, 5.41) is 0. The van der Waals surface area contributed by atoms with Crippen molar-refractivity contribution in [1.29, 1.82) is 0 Å². The van der Waals surface area contributed by atoms with Crippen LogP contribution in [0.5, 0.6) is 0 Å². The van der Waals surface area contributed by atoms with Gasteiger partial charge in [0, 0.05) is 12.6 Å². The van der Waals surface area contributed by atoms with Crippen LogP contribution in [0.15, 0.2) is 29.2 Å². The number of halogens is 1. The first-order chi connectivity index (χ1) is 7.91. The zero-order valence-electron chi connectivity index (χ0n) is 9.93. The maximum absolute atomic E-state index is 12.7. The van der Waals surface area contributed by atoms with Crippen LogP contribution in [0.4, 0.5) is 4.39 Å². The zero-order chi connectivity index (χ0) is 12.6. The van der Waals surface area contributed by atoms with E-state index in [0.29, 0.717) is 12.5 Å². The molecule has 1 aliphatic rings. The van der Waals surface area contributed by atoms with Crippen molar-refractivity contribution in [3.05, 3.63) is 30.1 Å². The van der Waals surface area contributed by atoms with Crippen molar-refractivity contribution < 1.29 is 12.8 Å². The smallest absolute Gasteiger partial charge is 0.207 e. The maximum atomic E-state index is 12.7. The molecule has 3 nitrogen and oxygen atoms in total. The molecule has 1 saturated heterocycles. The molecule has 5 heteroatoms. The molecule has 1 unspecified atom stereocenters. The van der Waals surface area contributed by atoms with Gasteiger partial charge in [0.05, 0.1) is 4.90 Å². The summed E-state index contributed by atoms with van der Waals surface area (Å²) in [7, 11) is -3.41. The van der Waals surface area contributed by atoms with Gasteiger partial charge in [0.2, 0.25) is 10.0 Å². The van der Waals surface area contributed by atoms with E-state index in [0.717, 1.165) is 6.42 Å². The Kier molecular flexibility index (Phi) is 3.23. The van der Waals surface area contributed by atoms with Crippen molar-refractivity contribution in [2.24, 2.45) is 5.92 Å². The fourth-order valence-corrected chi connectivity index (χ4v) is 3.53. The third-order valence-electron chi connectivity index (χ3n) is 2.83.